The number of phenols is 1. The predicted molar refractivity (Wildman–Crippen MR) is 74.1 cm³/mol. The van der Waals surface area contributed by atoms with E-state index in [1.807, 2.05) is 0 Å². The summed E-state index contributed by atoms with van der Waals surface area (Å²) < 4.78 is 4.65. The fraction of sp³-hybridized carbons (Fsp3) is 0.333. The van der Waals surface area contributed by atoms with Crippen LogP contribution in [0.25, 0.3) is 0 Å². The molecule has 0 unspecified atom stereocenters. The van der Waals surface area contributed by atoms with Gasteiger partial charge in [-0.1, -0.05) is 0 Å². The van der Waals surface area contributed by atoms with Crippen molar-refractivity contribution in [1.29, 1.82) is 0 Å². The number of hydrogen-bond acceptors (Lipinski definition) is 4. The van der Waals surface area contributed by atoms with Gasteiger partial charge in [-0.3, -0.25) is 4.79 Å². The van der Waals surface area contributed by atoms with Crippen LogP contribution in [0.4, 0.5) is 0 Å². The molecular formula is C15H17NO4. The minimum atomic E-state index is -0.727. The van der Waals surface area contributed by atoms with Gasteiger partial charge >= 0.3 is 5.97 Å². The fourth-order valence-electron chi connectivity index (χ4n) is 1.65. The lowest BCUT2D eigenvalue weighted by Crippen LogP contribution is -2.41. The number of hydrogen-bond donors (Lipinski definition) is 2. The van der Waals surface area contributed by atoms with Crippen LogP contribution in [0.3, 0.4) is 0 Å². The van der Waals surface area contributed by atoms with Crippen molar-refractivity contribution in [1.82, 2.24) is 5.32 Å². The van der Waals surface area contributed by atoms with E-state index in [1.165, 1.54) is 31.4 Å². The molecule has 0 saturated heterocycles. The monoisotopic (exact) mass is 275 g/mol. The molecule has 5 nitrogen and oxygen atoms in total. The van der Waals surface area contributed by atoms with Crippen molar-refractivity contribution in [2.45, 2.75) is 25.3 Å². The average Bonchev–Trinajstić information content (AvgIpc) is 2.46. The van der Waals surface area contributed by atoms with Crippen LogP contribution in [-0.4, -0.2) is 30.1 Å². The van der Waals surface area contributed by atoms with Crippen LogP contribution in [0.15, 0.2) is 24.3 Å². The van der Waals surface area contributed by atoms with Crippen LogP contribution in [-0.2, 0) is 9.53 Å². The highest BCUT2D eigenvalue weighted by atomic mass is 16.5. The molecule has 1 amide bonds. The van der Waals surface area contributed by atoms with E-state index >= 15 is 0 Å². The Labute approximate surface area is 117 Å². The number of ether oxygens (including phenoxy) is 1. The van der Waals surface area contributed by atoms with Crippen molar-refractivity contribution >= 4 is 11.9 Å². The lowest BCUT2D eigenvalue weighted by Gasteiger charge is -2.16. The molecule has 0 saturated carbocycles. The summed E-state index contributed by atoms with van der Waals surface area (Å²) >= 11 is 0. The first-order valence-electron chi connectivity index (χ1n) is 6.19. The molecule has 1 aromatic carbocycles. The number of phenolic OH excluding ortho intramolecular Hbond substituents is 1. The first-order chi connectivity index (χ1) is 9.58. The van der Waals surface area contributed by atoms with Gasteiger partial charge in [0.25, 0.3) is 5.91 Å². The van der Waals surface area contributed by atoms with E-state index in [2.05, 4.69) is 16.0 Å². The molecule has 106 valence electrons. The molecule has 0 radical (unpaired) electrons. The van der Waals surface area contributed by atoms with E-state index in [0.717, 1.165) is 0 Å². The van der Waals surface area contributed by atoms with Gasteiger partial charge < -0.3 is 15.2 Å². The number of benzene rings is 1. The first kappa shape index (κ1) is 15.6. The van der Waals surface area contributed by atoms with Gasteiger partial charge in [-0.2, -0.15) is 0 Å². The second-order valence-electron chi connectivity index (χ2n) is 4.19. The molecule has 1 atom stereocenters. The van der Waals surface area contributed by atoms with Gasteiger partial charge in [-0.15, -0.1) is 12.3 Å². The minimum Gasteiger partial charge on any atom is -0.508 e. The summed E-state index contributed by atoms with van der Waals surface area (Å²) in [4.78, 5) is 23.6. The molecule has 0 fully saturated rings. The van der Waals surface area contributed by atoms with E-state index in [4.69, 9.17) is 11.5 Å². The van der Waals surface area contributed by atoms with Crippen molar-refractivity contribution in [2.24, 2.45) is 0 Å². The van der Waals surface area contributed by atoms with Crippen LogP contribution in [0.1, 0.15) is 29.6 Å². The van der Waals surface area contributed by atoms with E-state index in [0.29, 0.717) is 24.8 Å². The minimum absolute atomic E-state index is 0.0695. The summed E-state index contributed by atoms with van der Waals surface area (Å²) in [5, 5.41) is 11.8. The van der Waals surface area contributed by atoms with Gasteiger partial charge in [0.15, 0.2) is 0 Å². The number of nitrogens with one attached hydrogen (secondary N) is 1. The molecular weight excluding hydrogens is 258 g/mol. The van der Waals surface area contributed by atoms with Crippen LogP contribution < -0.4 is 5.32 Å². The molecule has 0 aliphatic heterocycles. The van der Waals surface area contributed by atoms with Gasteiger partial charge in [0.1, 0.15) is 11.8 Å². The van der Waals surface area contributed by atoms with Gasteiger partial charge in [0.05, 0.1) is 7.11 Å². The average molecular weight is 275 g/mol. The standard InChI is InChI=1S/C15H17NO4/c1-3-4-5-6-13(15(19)20-2)16-14(18)11-7-9-12(17)10-8-11/h1,7-10,13,17H,4-6H2,2H3,(H,16,18)/t13-/m1/s1. The molecule has 0 aliphatic rings. The smallest absolute Gasteiger partial charge is 0.328 e. The SMILES string of the molecule is C#CCCC[C@@H](NC(=O)c1ccc(O)cc1)C(=O)OC. The first-order valence-corrected chi connectivity index (χ1v) is 6.19. The number of methoxy groups -OCH3 is 1. The molecule has 0 aliphatic carbocycles. The maximum atomic E-state index is 12.0. The summed E-state index contributed by atoms with van der Waals surface area (Å²) in [5.74, 6) is 1.64. The van der Waals surface area contributed by atoms with Gasteiger partial charge in [-0.25, -0.2) is 4.79 Å². The van der Waals surface area contributed by atoms with Gasteiger partial charge in [-0.05, 0) is 37.1 Å². The van der Waals surface area contributed by atoms with E-state index in [9.17, 15) is 9.59 Å². The van der Waals surface area contributed by atoms with Crippen LogP contribution >= 0.6 is 0 Å². The molecule has 1 rings (SSSR count). The zero-order chi connectivity index (χ0) is 15.0. The number of aromatic hydroxyl groups is 1. The Balaban J connectivity index is 2.68. The van der Waals surface area contributed by atoms with Crippen molar-refractivity contribution < 1.29 is 19.4 Å². The third-order valence-electron chi connectivity index (χ3n) is 2.73. The Morgan fingerprint density at radius 3 is 2.60 bits per heavy atom. The number of amides is 1. The Morgan fingerprint density at radius 1 is 1.40 bits per heavy atom. The van der Waals surface area contributed by atoms with E-state index in [1.54, 1.807) is 0 Å². The van der Waals surface area contributed by atoms with Crippen molar-refractivity contribution in [3.63, 3.8) is 0 Å². The number of carbonyl (C=O) groups is 2. The van der Waals surface area contributed by atoms with Crippen molar-refractivity contribution in [3.05, 3.63) is 29.8 Å². The Hall–Kier alpha value is -2.48. The zero-order valence-electron chi connectivity index (χ0n) is 11.3. The summed E-state index contributed by atoms with van der Waals surface area (Å²) in [6.07, 6.45) is 6.72. The zero-order valence-corrected chi connectivity index (χ0v) is 11.3. The van der Waals surface area contributed by atoms with Gasteiger partial charge in [0.2, 0.25) is 0 Å². The predicted octanol–water partition coefficient (Wildman–Crippen LogP) is 1.47. The fourth-order valence-corrected chi connectivity index (χ4v) is 1.65. The maximum Gasteiger partial charge on any atom is 0.328 e. The highest BCUT2D eigenvalue weighted by Gasteiger charge is 2.21. The van der Waals surface area contributed by atoms with Crippen molar-refractivity contribution in [3.8, 4) is 18.1 Å². The number of carbonyl (C=O) groups excluding carboxylic acids is 2. The number of esters is 1. The second-order valence-corrected chi connectivity index (χ2v) is 4.19. The lowest BCUT2D eigenvalue weighted by molar-refractivity contribution is -0.143. The lowest BCUT2D eigenvalue weighted by atomic mass is 10.1. The topological polar surface area (TPSA) is 75.6 Å². The summed E-state index contributed by atoms with van der Waals surface area (Å²) in [7, 11) is 1.27. The molecule has 0 aromatic heterocycles. The Kier molecular flexibility index (Phi) is 6.11. The van der Waals surface area contributed by atoms with Crippen LogP contribution in [0.2, 0.25) is 0 Å². The third-order valence-corrected chi connectivity index (χ3v) is 2.73. The molecule has 5 heteroatoms. The molecule has 0 heterocycles. The normalized spacial score (nSPS) is 11.2. The highest BCUT2D eigenvalue weighted by Crippen LogP contribution is 2.10. The number of terminal acetylenes is 1. The molecule has 0 bridgehead atoms. The summed E-state index contributed by atoms with van der Waals surface area (Å²) in [6, 6.07) is 5.02. The molecule has 2 N–H and O–H groups in total. The summed E-state index contributed by atoms with van der Waals surface area (Å²) in [5.41, 5.74) is 0.355. The molecule has 1 aromatic rings. The largest absolute Gasteiger partial charge is 0.508 e. The number of unbranched alkanes of at least 4 members (excludes halogenated alkanes) is 1. The highest BCUT2D eigenvalue weighted by molar-refractivity contribution is 5.96. The summed E-state index contributed by atoms with van der Waals surface area (Å²) in [6.45, 7) is 0. The van der Waals surface area contributed by atoms with Crippen LogP contribution in [0.5, 0.6) is 5.75 Å². The Bertz CT molecular complexity index is 502. The van der Waals surface area contributed by atoms with E-state index < -0.39 is 17.9 Å². The maximum absolute atomic E-state index is 12.0. The van der Waals surface area contributed by atoms with E-state index in [-0.39, 0.29) is 5.75 Å². The van der Waals surface area contributed by atoms with Crippen molar-refractivity contribution in [2.75, 3.05) is 7.11 Å². The molecule has 0 spiro atoms. The van der Waals surface area contributed by atoms with Crippen LogP contribution in [0, 0.1) is 12.3 Å². The number of rotatable bonds is 6. The second kappa shape index (κ2) is 7.85. The third kappa shape index (κ3) is 4.65. The Morgan fingerprint density at radius 2 is 2.05 bits per heavy atom. The quantitative estimate of drug-likeness (QED) is 0.468. The molecule has 20 heavy (non-hydrogen) atoms. The van der Waals surface area contributed by atoms with Gasteiger partial charge in [0, 0.05) is 12.0 Å².